The predicted octanol–water partition coefficient (Wildman–Crippen LogP) is 2.99. The van der Waals surface area contributed by atoms with Crippen LogP contribution in [0, 0.1) is 18.8 Å². The van der Waals surface area contributed by atoms with Crippen LogP contribution in [-0.4, -0.2) is 50.8 Å². The second kappa shape index (κ2) is 11.3. The first-order valence-electron chi connectivity index (χ1n) is 11.9. The van der Waals surface area contributed by atoms with Crippen molar-refractivity contribution >= 4 is 21.8 Å². The third-order valence-corrected chi connectivity index (χ3v) is 8.20. The van der Waals surface area contributed by atoms with Gasteiger partial charge in [-0.2, -0.15) is 0 Å². The Bertz CT molecular complexity index is 869. The number of nitrogens with one attached hydrogen (secondary N) is 2. The number of hydrogen-bond acceptors (Lipinski definition) is 4. The fourth-order valence-corrected chi connectivity index (χ4v) is 5.73. The zero-order valence-corrected chi connectivity index (χ0v) is 20.1. The topological polar surface area (TPSA) is 95.6 Å². The van der Waals surface area contributed by atoms with Gasteiger partial charge in [-0.1, -0.05) is 30.5 Å². The van der Waals surface area contributed by atoms with E-state index in [1.807, 2.05) is 11.8 Å². The van der Waals surface area contributed by atoms with E-state index in [4.69, 9.17) is 0 Å². The molecule has 0 aromatic heterocycles. The van der Waals surface area contributed by atoms with Crippen LogP contribution in [0.1, 0.15) is 63.9 Å². The van der Waals surface area contributed by atoms with Crippen molar-refractivity contribution < 1.29 is 18.0 Å². The summed E-state index contributed by atoms with van der Waals surface area (Å²) in [5.41, 5.74) is 1.02. The summed E-state index contributed by atoms with van der Waals surface area (Å²) >= 11 is 0. The molecule has 1 saturated carbocycles. The molecular formula is C24H37N3O4S. The molecule has 2 N–H and O–H groups in total. The van der Waals surface area contributed by atoms with Gasteiger partial charge in [-0.3, -0.25) is 9.59 Å². The van der Waals surface area contributed by atoms with Gasteiger partial charge >= 0.3 is 0 Å². The molecule has 1 heterocycles. The highest BCUT2D eigenvalue weighted by atomic mass is 32.2. The van der Waals surface area contributed by atoms with Crippen LogP contribution in [0.25, 0.3) is 0 Å². The minimum Gasteiger partial charge on any atom is -0.344 e. The molecule has 1 aliphatic carbocycles. The van der Waals surface area contributed by atoms with E-state index in [-0.39, 0.29) is 28.5 Å². The molecule has 8 heteroatoms. The first kappa shape index (κ1) is 24.7. The number of carbonyl (C=O) groups excluding carboxylic acids is 2. The van der Waals surface area contributed by atoms with E-state index in [0.29, 0.717) is 19.4 Å². The smallest absolute Gasteiger partial charge is 0.244 e. The van der Waals surface area contributed by atoms with Gasteiger partial charge in [0.15, 0.2) is 0 Å². The van der Waals surface area contributed by atoms with Crippen molar-refractivity contribution in [1.29, 1.82) is 0 Å². The maximum Gasteiger partial charge on any atom is 0.244 e. The minimum absolute atomic E-state index is 0.0134. The molecule has 2 aliphatic rings. The Morgan fingerprint density at radius 3 is 2.19 bits per heavy atom. The molecule has 32 heavy (non-hydrogen) atoms. The summed E-state index contributed by atoms with van der Waals surface area (Å²) < 4.78 is 27.7. The monoisotopic (exact) mass is 463 g/mol. The van der Waals surface area contributed by atoms with Crippen LogP contribution in [0.5, 0.6) is 0 Å². The van der Waals surface area contributed by atoms with Gasteiger partial charge in [-0.25, -0.2) is 13.1 Å². The van der Waals surface area contributed by atoms with Crippen molar-refractivity contribution in [1.82, 2.24) is 14.9 Å². The molecule has 1 aromatic carbocycles. The summed E-state index contributed by atoms with van der Waals surface area (Å²) in [5, 5.41) is 2.92. The van der Waals surface area contributed by atoms with Gasteiger partial charge in [0.25, 0.3) is 0 Å². The largest absolute Gasteiger partial charge is 0.344 e. The first-order chi connectivity index (χ1) is 15.3. The van der Waals surface area contributed by atoms with E-state index in [2.05, 4.69) is 10.0 Å². The molecule has 1 aromatic rings. The average molecular weight is 464 g/mol. The van der Waals surface area contributed by atoms with Crippen LogP contribution in [0.15, 0.2) is 29.2 Å². The Morgan fingerprint density at radius 2 is 1.59 bits per heavy atom. The van der Waals surface area contributed by atoms with Gasteiger partial charge in [0.2, 0.25) is 21.8 Å². The van der Waals surface area contributed by atoms with E-state index < -0.39 is 16.1 Å². The summed E-state index contributed by atoms with van der Waals surface area (Å²) in [4.78, 5) is 27.5. The van der Waals surface area contributed by atoms with Crippen molar-refractivity contribution in [2.45, 2.75) is 76.2 Å². The normalized spacial score (nSPS) is 23.2. The van der Waals surface area contributed by atoms with Gasteiger partial charge in [0.1, 0.15) is 6.04 Å². The highest BCUT2D eigenvalue weighted by Crippen LogP contribution is 2.29. The Balaban J connectivity index is 1.42. The molecule has 2 fully saturated rings. The second-order valence-corrected chi connectivity index (χ2v) is 11.1. The molecule has 1 saturated heterocycles. The Hall–Kier alpha value is -1.93. The minimum atomic E-state index is -3.52. The number of aryl methyl sites for hydroxylation is 1. The Kier molecular flexibility index (Phi) is 8.71. The fraction of sp³-hybridized carbons (Fsp3) is 0.667. The van der Waals surface area contributed by atoms with Crippen LogP contribution >= 0.6 is 0 Å². The summed E-state index contributed by atoms with van der Waals surface area (Å²) in [7, 11) is -3.52. The molecule has 0 bridgehead atoms. The van der Waals surface area contributed by atoms with Gasteiger partial charge in [0.05, 0.1) is 4.90 Å². The maximum atomic E-state index is 12.7. The van der Waals surface area contributed by atoms with Crippen LogP contribution in [0.3, 0.4) is 0 Å². The number of likely N-dealkylation sites (tertiary alicyclic amines) is 1. The average Bonchev–Trinajstić information content (AvgIpc) is 3.07. The number of hydrogen-bond donors (Lipinski definition) is 2. The Morgan fingerprint density at radius 1 is 1.00 bits per heavy atom. The lowest BCUT2D eigenvalue weighted by molar-refractivity contribution is -0.137. The van der Waals surface area contributed by atoms with Crippen molar-refractivity contribution in [3.63, 3.8) is 0 Å². The first-order valence-corrected chi connectivity index (χ1v) is 13.4. The number of amides is 2. The van der Waals surface area contributed by atoms with Crippen LogP contribution in [0.4, 0.5) is 0 Å². The fourth-order valence-electron chi connectivity index (χ4n) is 4.61. The number of sulfonamides is 1. The highest BCUT2D eigenvalue weighted by Gasteiger charge is 2.30. The van der Waals surface area contributed by atoms with E-state index in [1.165, 1.54) is 0 Å². The second-order valence-electron chi connectivity index (χ2n) is 9.35. The molecule has 0 spiro atoms. The van der Waals surface area contributed by atoms with Crippen LogP contribution in [-0.2, 0) is 19.6 Å². The van der Waals surface area contributed by atoms with E-state index in [1.54, 1.807) is 31.2 Å². The van der Waals surface area contributed by atoms with Crippen molar-refractivity contribution in [2.24, 2.45) is 11.8 Å². The summed E-state index contributed by atoms with van der Waals surface area (Å²) in [6.07, 6.45) is 7.41. The van der Waals surface area contributed by atoms with E-state index in [9.17, 15) is 18.0 Å². The lowest BCUT2D eigenvalue weighted by Crippen LogP contribution is -2.49. The SMILES string of the molecule is Cc1ccc(S(=O)(=O)NCC2CCC(C(=O)NC(C)C(=O)N3CCCCCC3)CC2)cc1. The van der Waals surface area contributed by atoms with Gasteiger partial charge in [-0.15, -0.1) is 0 Å². The number of rotatable bonds is 7. The lowest BCUT2D eigenvalue weighted by atomic mass is 9.81. The van der Waals surface area contributed by atoms with Gasteiger partial charge in [0, 0.05) is 25.6 Å². The molecule has 3 rings (SSSR count). The molecule has 1 aliphatic heterocycles. The maximum absolute atomic E-state index is 12.7. The number of benzene rings is 1. The Labute approximate surface area is 192 Å². The van der Waals surface area contributed by atoms with Gasteiger partial charge < -0.3 is 10.2 Å². The third-order valence-electron chi connectivity index (χ3n) is 6.76. The van der Waals surface area contributed by atoms with Crippen molar-refractivity contribution in [2.75, 3.05) is 19.6 Å². The standard InChI is InChI=1S/C24H37N3O4S/c1-18-7-13-22(14-8-18)32(30,31)25-17-20-9-11-21(12-10-20)23(28)26-19(2)24(29)27-15-5-3-4-6-16-27/h7-8,13-14,19-21,25H,3-6,9-12,15-17H2,1-2H3,(H,26,28). The summed E-state index contributed by atoms with van der Waals surface area (Å²) in [5.74, 6) is 0.0635. The van der Waals surface area contributed by atoms with E-state index >= 15 is 0 Å². The molecule has 1 atom stereocenters. The zero-order chi connectivity index (χ0) is 23.1. The number of carbonyl (C=O) groups is 2. The van der Waals surface area contributed by atoms with Crippen LogP contribution in [0.2, 0.25) is 0 Å². The van der Waals surface area contributed by atoms with Crippen LogP contribution < -0.4 is 10.0 Å². The quantitative estimate of drug-likeness (QED) is 0.650. The van der Waals surface area contributed by atoms with Gasteiger partial charge in [-0.05, 0) is 70.4 Å². The number of nitrogens with zero attached hydrogens (tertiary/aromatic N) is 1. The highest BCUT2D eigenvalue weighted by molar-refractivity contribution is 7.89. The lowest BCUT2D eigenvalue weighted by Gasteiger charge is -2.30. The zero-order valence-electron chi connectivity index (χ0n) is 19.3. The van der Waals surface area contributed by atoms with Crippen molar-refractivity contribution in [3.05, 3.63) is 29.8 Å². The third kappa shape index (κ3) is 6.78. The molecule has 178 valence electrons. The molecular weight excluding hydrogens is 426 g/mol. The predicted molar refractivity (Wildman–Crippen MR) is 124 cm³/mol. The molecule has 0 radical (unpaired) electrons. The molecule has 2 amide bonds. The van der Waals surface area contributed by atoms with E-state index in [0.717, 1.165) is 57.2 Å². The molecule has 1 unspecified atom stereocenters. The summed E-state index contributed by atoms with van der Waals surface area (Å²) in [6, 6.07) is 6.31. The summed E-state index contributed by atoms with van der Waals surface area (Å²) in [6.45, 7) is 5.64. The van der Waals surface area contributed by atoms with Crippen molar-refractivity contribution in [3.8, 4) is 0 Å². The molecule has 7 nitrogen and oxygen atoms in total.